The smallest absolute Gasteiger partial charge is 0.264 e. The summed E-state index contributed by atoms with van der Waals surface area (Å²) >= 11 is 2.09. The molecule has 49 heavy (non-hydrogen) atoms. The molecule has 0 bridgehead atoms. The van der Waals surface area contributed by atoms with Crippen LogP contribution in [0.15, 0.2) is 72.9 Å². The van der Waals surface area contributed by atoms with Crippen LogP contribution in [0.3, 0.4) is 0 Å². The zero-order valence-electron chi connectivity index (χ0n) is 28.2. The van der Waals surface area contributed by atoms with Crippen molar-refractivity contribution in [3.63, 3.8) is 0 Å². The number of carbonyl (C=O) groups is 3. The lowest BCUT2D eigenvalue weighted by Gasteiger charge is -2.39. The molecule has 12 heteroatoms. The van der Waals surface area contributed by atoms with E-state index in [1.807, 2.05) is 30.3 Å². The van der Waals surface area contributed by atoms with E-state index >= 15 is 0 Å². The SMILES string of the molecule is COc1ccc([C@@H](CCCNC(=O)c2cnn(C)c2I)N2C(=O)c3cccc(N4CCN([C@H](C)c5ccccc5)CC4)c3C2=O)cc1OC. The van der Waals surface area contributed by atoms with Crippen molar-refractivity contribution >= 4 is 46.0 Å². The van der Waals surface area contributed by atoms with Gasteiger partial charge in [0.1, 0.15) is 3.70 Å². The second-order valence-electron chi connectivity index (χ2n) is 12.3. The fraction of sp³-hybridized carbons (Fsp3) is 0.351. The third-order valence-electron chi connectivity index (χ3n) is 9.56. The summed E-state index contributed by atoms with van der Waals surface area (Å²) in [6.45, 7) is 5.74. The predicted octanol–water partition coefficient (Wildman–Crippen LogP) is 5.47. The maximum absolute atomic E-state index is 14.4. The molecule has 0 saturated carbocycles. The van der Waals surface area contributed by atoms with Crippen molar-refractivity contribution in [2.45, 2.75) is 31.8 Å². The maximum atomic E-state index is 14.4. The second-order valence-corrected chi connectivity index (χ2v) is 13.3. The molecule has 2 aliphatic heterocycles. The number of nitrogens with one attached hydrogen (secondary N) is 1. The minimum absolute atomic E-state index is 0.219. The van der Waals surface area contributed by atoms with Crippen LogP contribution in [0.1, 0.15) is 74.0 Å². The fourth-order valence-corrected chi connectivity index (χ4v) is 7.31. The highest BCUT2D eigenvalue weighted by Gasteiger charge is 2.43. The van der Waals surface area contributed by atoms with Crippen molar-refractivity contribution < 1.29 is 23.9 Å². The zero-order valence-corrected chi connectivity index (χ0v) is 30.3. The van der Waals surface area contributed by atoms with Gasteiger partial charge in [-0.3, -0.25) is 28.9 Å². The van der Waals surface area contributed by atoms with E-state index in [1.54, 1.807) is 44.3 Å². The molecule has 6 rings (SSSR count). The number of imide groups is 1. The highest BCUT2D eigenvalue weighted by atomic mass is 127. The highest BCUT2D eigenvalue weighted by Crippen LogP contribution is 2.40. The van der Waals surface area contributed by atoms with Gasteiger partial charge < -0.3 is 19.7 Å². The number of carbonyl (C=O) groups excluding carboxylic acids is 3. The van der Waals surface area contributed by atoms with Gasteiger partial charge in [-0.15, -0.1) is 0 Å². The van der Waals surface area contributed by atoms with Gasteiger partial charge in [-0.05, 0) is 77.7 Å². The van der Waals surface area contributed by atoms with Crippen LogP contribution >= 0.6 is 22.6 Å². The van der Waals surface area contributed by atoms with E-state index < -0.39 is 6.04 Å². The maximum Gasteiger partial charge on any atom is 0.264 e. The Bertz CT molecular complexity index is 1840. The molecule has 1 saturated heterocycles. The third kappa shape index (κ3) is 6.89. The lowest BCUT2D eigenvalue weighted by Crippen LogP contribution is -2.47. The molecule has 3 aromatic carbocycles. The summed E-state index contributed by atoms with van der Waals surface area (Å²) in [7, 11) is 4.90. The van der Waals surface area contributed by atoms with Gasteiger partial charge in [-0.25, -0.2) is 0 Å². The van der Waals surface area contributed by atoms with E-state index in [9.17, 15) is 14.4 Å². The van der Waals surface area contributed by atoms with Crippen LogP contribution in [-0.4, -0.2) is 84.2 Å². The van der Waals surface area contributed by atoms with Crippen molar-refractivity contribution in [3.05, 3.63) is 104 Å². The molecule has 0 aliphatic carbocycles. The van der Waals surface area contributed by atoms with E-state index in [0.29, 0.717) is 47.6 Å². The molecule has 0 unspecified atom stereocenters. The Labute approximate surface area is 300 Å². The number of nitrogens with zero attached hydrogens (tertiary/aromatic N) is 5. The number of hydrogen-bond donors (Lipinski definition) is 1. The first-order valence-corrected chi connectivity index (χ1v) is 17.5. The van der Waals surface area contributed by atoms with Crippen LogP contribution < -0.4 is 19.7 Å². The van der Waals surface area contributed by atoms with Crippen LogP contribution in [-0.2, 0) is 7.05 Å². The van der Waals surface area contributed by atoms with Crippen LogP contribution in [0.25, 0.3) is 0 Å². The quantitative estimate of drug-likeness (QED) is 0.115. The number of aryl methyl sites for hydroxylation is 1. The molecule has 0 spiro atoms. The number of halogens is 1. The summed E-state index contributed by atoms with van der Waals surface area (Å²) in [5.74, 6) is 0.193. The number of piperazine rings is 1. The Morgan fingerprint density at radius 1 is 0.918 bits per heavy atom. The second kappa shape index (κ2) is 15.0. The average Bonchev–Trinajstić information content (AvgIpc) is 3.61. The number of rotatable bonds is 12. The molecule has 1 fully saturated rings. The summed E-state index contributed by atoms with van der Waals surface area (Å²) in [5.41, 5.74) is 4.16. The molecule has 3 heterocycles. The number of aromatic nitrogens is 2. The minimum Gasteiger partial charge on any atom is -0.493 e. The van der Waals surface area contributed by atoms with E-state index in [0.717, 1.165) is 41.1 Å². The van der Waals surface area contributed by atoms with E-state index in [4.69, 9.17) is 9.47 Å². The van der Waals surface area contributed by atoms with Crippen molar-refractivity contribution in [2.75, 3.05) is 51.8 Å². The molecular formula is C37H41IN6O5. The Morgan fingerprint density at radius 3 is 2.33 bits per heavy atom. The van der Waals surface area contributed by atoms with Gasteiger partial charge >= 0.3 is 0 Å². The first kappa shape index (κ1) is 34.4. The van der Waals surface area contributed by atoms with E-state index in [-0.39, 0.29) is 23.8 Å². The molecule has 2 aliphatic rings. The number of methoxy groups -OCH3 is 2. The minimum atomic E-state index is -0.598. The molecule has 11 nitrogen and oxygen atoms in total. The molecular weight excluding hydrogens is 735 g/mol. The normalized spacial score (nSPS) is 16.0. The summed E-state index contributed by atoms with van der Waals surface area (Å²) < 4.78 is 13.4. The lowest BCUT2D eigenvalue weighted by molar-refractivity contribution is 0.0570. The van der Waals surface area contributed by atoms with Gasteiger partial charge in [0.2, 0.25) is 0 Å². The van der Waals surface area contributed by atoms with E-state index in [1.165, 1.54) is 10.5 Å². The number of benzene rings is 3. The van der Waals surface area contributed by atoms with Crippen molar-refractivity contribution in [1.29, 1.82) is 0 Å². The highest BCUT2D eigenvalue weighted by molar-refractivity contribution is 14.1. The fourth-order valence-electron chi connectivity index (χ4n) is 6.80. The van der Waals surface area contributed by atoms with Gasteiger partial charge in [0.05, 0.1) is 48.8 Å². The number of anilines is 1. The largest absolute Gasteiger partial charge is 0.493 e. The molecule has 4 aromatic rings. The van der Waals surface area contributed by atoms with Crippen molar-refractivity contribution in [3.8, 4) is 11.5 Å². The van der Waals surface area contributed by atoms with E-state index in [2.05, 4.69) is 74.0 Å². The Kier molecular flexibility index (Phi) is 10.5. The molecule has 1 aromatic heterocycles. The number of hydrogen-bond acceptors (Lipinski definition) is 8. The van der Waals surface area contributed by atoms with Crippen molar-refractivity contribution in [2.24, 2.45) is 7.05 Å². The third-order valence-corrected chi connectivity index (χ3v) is 10.8. The first-order chi connectivity index (χ1) is 23.7. The Hall–Kier alpha value is -4.43. The predicted molar refractivity (Wildman–Crippen MR) is 195 cm³/mol. The van der Waals surface area contributed by atoms with Crippen LogP contribution in [0, 0.1) is 3.70 Å². The van der Waals surface area contributed by atoms with Gasteiger partial charge in [0.25, 0.3) is 17.7 Å². The average molecular weight is 777 g/mol. The molecule has 3 amide bonds. The summed E-state index contributed by atoms with van der Waals surface area (Å²) in [6.07, 6.45) is 2.49. The van der Waals surface area contributed by atoms with Crippen molar-refractivity contribution in [1.82, 2.24) is 24.9 Å². The number of amides is 3. The molecule has 2 atom stereocenters. The van der Waals surface area contributed by atoms with Crippen LogP contribution in [0.2, 0.25) is 0 Å². The van der Waals surface area contributed by atoms with Gasteiger partial charge in [-0.1, -0.05) is 42.5 Å². The molecule has 256 valence electrons. The van der Waals surface area contributed by atoms with Crippen LogP contribution in [0.5, 0.6) is 11.5 Å². The molecule has 1 N–H and O–H groups in total. The summed E-state index contributed by atoms with van der Waals surface area (Å²) in [4.78, 5) is 47.5. The number of ether oxygens (including phenoxy) is 2. The van der Waals surface area contributed by atoms with Gasteiger partial charge in [0.15, 0.2) is 11.5 Å². The first-order valence-electron chi connectivity index (χ1n) is 16.5. The summed E-state index contributed by atoms with van der Waals surface area (Å²) in [6, 6.07) is 21.2. The number of fused-ring (bicyclic) bond motifs is 1. The Balaban J connectivity index is 1.22. The van der Waals surface area contributed by atoms with Crippen LogP contribution in [0.4, 0.5) is 5.69 Å². The molecule has 0 radical (unpaired) electrons. The Morgan fingerprint density at radius 2 is 1.65 bits per heavy atom. The summed E-state index contributed by atoms with van der Waals surface area (Å²) in [5, 5.41) is 7.12. The van der Waals surface area contributed by atoms with Gasteiger partial charge in [0, 0.05) is 45.8 Å². The monoisotopic (exact) mass is 776 g/mol. The topological polar surface area (TPSA) is 109 Å². The van der Waals surface area contributed by atoms with Gasteiger partial charge in [-0.2, -0.15) is 5.10 Å². The zero-order chi connectivity index (χ0) is 34.7. The standard InChI is InChI=1S/C37H41IN6O5/c1-24(25-10-6-5-7-11-25)42-18-20-43(21-19-42)30-13-8-12-27-33(30)37(47)44(36(27)46)29(26-15-16-31(48-3)32(22-26)49-4)14-9-17-39-35(45)28-23-40-41(2)34(28)38/h5-8,10-13,15-16,22-24,29H,9,14,17-21H2,1-4H3,(H,39,45)/t24-,29-/m1/s1. The lowest BCUT2D eigenvalue weighted by atomic mass is 9.99.